The molecule has 0 aromatic carbocycles. The zero-order valence-electron chi connectivity index (χ0n) is 7.03. The smallest absolute Gasteiger partial charge is 0.0785 e. The fraction of sp³-hybridized carbons (Fsp3) is 1.00. The predicted molar refractivity (Wildman–Crippen MR) is 43.4 cm³/mol. The van der Waals surface area contributed by atoms with E-state index in [0.29, 0.717) is 12.5 Å². The third-order valence-corrected chi connectivity index (χ3v) is 2.43. The van der Waals surface area contributed by atoms with Crippen molar-refractivity contribution in [2.24, 2.45) is 0 Å². The van der Waals surface area contributed by atoms with E-state index in [1.165, 1.54) is 6.42 Å². The van der Waals surface area contributed by atoms with Crippen LogP contribution in [0, 0.1) is 0 Å². The highest BCUT2D eigenvalue weighted by Crippen LogP contribution is 2.18. The first-order valence-electron chi connectivity index (χ1n) is 4.23. The van der Waals surface area contributed by atoms with E-state index in [0.717, 1.165) is 13.0 Å². The summed E-state index contributed by atoms with van der Waals surface area (Å²) in [6.45, 7) is 1.02. The van der Waals surface area contributed by atoms with Crippen molar-refractivity contribution < 1.29 is 10.2 Å². The molecule has 3 heteroatoms. The average Bonchev–Trinajstić information content (AvgIpc) is 2.37. The molecule has 0 aromatic rings. The molecule has 1 fully saturated rings. The van der Waals surface area contributed by atoms with Crippen molar-refractivity contribution in [2.45, 2.75) is 31.4 Å². The molecule has 0 amide bonds. The van der Waals surface area contributed by atoms with Crippen LogP contribution in [0.4, 0.5) is 0 Å². The molecule has 2 unspecified atom stereocenters. The molecule has 0 spiro atoms. The summed E-state index contributed by atoms with van der Waals surface area (Å²) in [4.78, 5) is 2.25. The van der Waals surface area contributed by atoms with Crippen molar-refractivity contribution in [3.8, 4) is 0 Å². The Bertz CT molecular complexity index is 119. The second-order valence-corrected chi connectivity index (χ2v) is 3.35. The minimum atomic E-state index is -0.527. The fourth-order valence-electron chi connectivity index (χ4n) is 1.67. The summed E-state index contributed by atoms with van der Waals surface area (Å²) < 4.78 is 0. The molecule has 2 N–H and O–H groups in total. The Morgan fingerprint density at radius 2 is 2.36 bits per heavy atom. The second kappa shape index (κ2) is 4.04. The van der Waals surface area contributed by atoms with E-state index in [2.05, 4.69) is 11.9 Å². The number of aliphatic hydroxyl groups excluding tert-OH is 2. The van der Waals surface area contributed by atoms with Crippen LogP contribution in [0.5, 0.6) is 0 Å². The molecule has 1 heterocycles. The maximum Gasteiger partial charge on any atom is 0.0785 e. The first kappa shape index (κ1) is 8.97. The van der Waals surface area contributed by atoms with E-state index in [9.17, 15) is 0 Å². The van der Waals surface area contributed by atoms with Crippen molar-refractivity contribution in [2.75, 3.05) is 20.2 Å². The van der Waals surface area contributed by atoms with Crippen LogP contribution in [0.3, 0.4) is 0 Å². The van der Waals surface area contributed by atoms with E-state index in [-0.39, 0.29) is 6.61 Å². The van der Waals surface area contributed by atoms with Gasteiger partial charge in [-0.15, -0.1) is 0 Å². The third-order valence-electron chi connectivity index (χ3n) is 2.43. The molecule has 0 aliphatic carbocycles. The number of nitrogens with zero attached hydrogens (tertiary/aromatic N) is 1. The average molecular weight is 159 g/mol. The molecule has 1 aliphatic rings. The molecule has 0 radical (unpaired) electrons. The Hall–Kier alpha value is -0.120. The maximum absolute atomic E-state index is 9.16. The van der Waals surface area contributed by atoms with Crippen LogP contribution in [0.15, 0.2) is 0 Å². The first-order chi connectivity index (χ1) is 5.24. The molecule has 0 saturated carbocycles. The number of aliphatic hydroxyl groups is 2. The number of hydrogen-bond donors (Lipinski definition) is 2. The lowest BCUT2D eigenvalue weighted by Crippen LogP contribution is -2.30. The highest BCUT2D eigenvalue weighted by Gasteiger charge is 2.22. The standard InChI is InChI=1S/C8H17NO2/c1-9-4-2-3-7(9)5-8(11)6-10/h7-8,10-11H,2-6H2,1H3. The monoisotopic (exact) mass is 159 g/mol. The van der Waals surface area contributed by atoms with Crippen molar-refractivity contribution in [3.63, 3.8) is 0 Å². The Labute approximate surface area is 67.6 Å². The van der Waals surface area contributed by atoms with E-state index < -0.39 is 6.10 Å². The molecule has 3 nitrogen and oxygen atoms in total. The van der Waals surface area contributed by atoms with Gasteiger partial charge in [-0.2, -0.15) is 0 Å². The Morgan fingerprint density at radius 3 is 2.82 bits per heavy atom. The Kier molecular flexibility index (Phi) is 3.30. The molecular weight excluding hydrogens is 142 g/mol. The van der Waals surface area contributed by atoms with E-state index >= 15 is 0 Å². The van der Waals surface area contributed by atoms with Crippen molar-refractivity contribution >= 4 is 0 Å². The summed E-state index contributed by atoms with van der Waals surface area (Å²) in [7, 11) is 2.07. The molecule has 1 saturated heterocycles. The Morgan fingerprint density at radius 1 is 1.64 bits per heavy atom. The zero-order valence-corrected chi connectivity index (χ0v) is 7.03. The van der Waals surface area contributed by atoms with Gasteiger partial charge in [-0.1, -0.05) is 0 Å². The van der Waals surface area contributed by atoms with Gasteiger partial charge in [-0.3, -0.25) is 0 Å². The molecule has 1 rings (SSSR count). The summed E-state index contributed by atoms with van der Waals surface area (Å²) in [5.74, 6) is 0. The third kappa shape index (κ3) is 2.43. The Balaban J connectivity index is 2.24. The fourth-order valence-corrected chi connectivity index (χ4v) is 1.67. The lowest BCUT2D eigenvalue weighted by Gasteiger charge is -2.21. The molecule has 1 aliphatic heterocycles. The lowest BCUT2D eigenvalue weighted by atomic mass is 10.1. The van der Waals surface area contributed by atoms with E-state index in [4.69, 9.17) is 10.2 Å². The molecule has 11 heavy (non-hydrogen) atoms. The number of rotatable bonds is 3. The van der Waals surface area contributed by atoms with Crippen LogP contribution in [-0.4, -0.2) is 47.5 Å². The van der Waals surface area contributed by atoms with Gasteiger partial charge in [-0.25, -0.2) is 0 Å². The summed E-state index contributed by atoms with van der Waals surface area (Å²) in [6, 6.07) is 0.483. The normalized spacial score (nSPS) is 29.2. The summed E-state index contributed by atoms with van der Waals surface area (Å²) >= 11 is 0. The minimum Gasteiger partial charge on any atom is -0.394 e. The lowest BCUT2D eigenvalue weighted by molar-refractivity contribution is 0.0687. The molecular formula is C8H17NO2. The molecule has 0 bridgehead atoms. The van der Waals surface area contributed by atoms with Crippen LogP contribution in [0.25, 0.3) is 0 Å². The maximum atomic E-state index is 9.16. The van der Waals surface area contributed by atoms with Crippen molar-refractivity contribution in [1.29, 1.82) is 0 Å². The van der Waals surface area contributed by atoms with Gasteiger partial charge in [0.05, 0.1) is 12.7 Å². The SMILES string of the molecule is CN1CCCC1CC(O)CO. The summed E-state index contributed by atoms with van der Waals surface area (Å²) in [5.41, 5.74) is 0. The van der Waals surface area contributed by atoms with Crippen molar-refractivity contribution in [3.05, 3.63) is 0 Å². The second-order valence-electron chi connectivity index (χ2n) is 3.35. The number of likely N-dealkylation sites (tertiary alicyclic amines) is 1. The van der Waals surface area contributed by atoms with Crippen LogP contribution >= 0.6 is 0 Å². The van der Waals surface area contributed by atoms with E-state index in [1.54, 1.807) is 0 Å². The topological polar surface area (TPSA) is 43.7 Å². The van der Waals surface area contributed by atoms with Gasteiger partial charge in [0.15, 0.2) is 0 Å². The minimum absolute atomic E-state index is 0.107. The predicted octanol–water partition coefficient (Wildman–Crippen LogP) is -0.176. The van der Waals surface area contributed by atoms with Crippen LogP contribution in [-0.2, 0) is 0 Å². The van der Waals surface area contributed by atoms with Crippen molar-refractivity contribution in [1.82, 2.24) is 4.90 Å². The summed E-state index contributed by atoms with van der Waals surface area (Å²) in [6.07, 6.45) is 2.57. The van der Waals surface area contributed by atoms with Gasteiger partial charge in [0.1, 0.15) is 0 Å². The molecule has 2 atom stereocenters. The zero-order chi connectivity index (χ0) is 8.27. The number of hydrogen-bond acceptors (Lipinski definition) is 3. The highest BCUT2D eigenvalue weighted by atomic mass is 16.3. The van der Waals surface area contributed by atoms with Gasteiger partial charge in [0.2, 0.25) is 0 Å². The van der Waals surface area contributed by atoms with Gasteiger partial charge >= 0.3 is 0 Å². The van der Waals surface area contributed by atoms with Crippen LogP contribution in [0.2, 0.25) is 0 Å². The molecule has 66 valence electrons. The highest BCUT2D eigenvalue weighted by molar-refractivity contribution is 4.78. The summed E-state index contributed by atoms with van der Waals surface area (Å²) in [5, 5.41) is 17.8. The van der Waals surface area contributed by atoms with Gasteiger partial charge in [-0.05, 0) is 32.9 Å². The van der Waals surface area contributed by atoms with Crippen LogP contribution < -0.4 is 0 Å². The van der Waals surface area contributed by atoms with E-state index in [1.807, 2.05) is 0 Å². The van der Waals surface area contributed by atoms with Gasteiger partial charge in [0, 0.05) is 6.04 Å². The van der Waals surface area contributed by atoms with Crippen LogP contribution in [0.1, 0.15) is 19.3 Å². The quantitative estimate of drug-likeness (QED) is 0.600. The molecule has 0 aromatic heterocycles. The van der Waals surface area contributed by atoms with Gasteiger partial charge < -0.3 is 15.1 Å². The first-order valence-corrected chi connectivity index (χ1v) is 4.23. The van der Waals surface area contributed by atoms with Gasteiger partial charge in [0.25, 0.3) is 0 Å². The largest absolute Gasteiger partial charge is 0.394 e.